The molecule has 1 aliphatic heterocycles. The summed E-state index contributed by atoms with van der Waals surface area (Å²) in [6.07, 6.45) is 2.28. The number of nitrogens with one attached hydrogen (secondary N) is 1. The molecule has 2 unspecified atom stereocenters. The zero-order chi connectivity index (χ0) is 11.4. The lowest BCUT2D eigenvalue weighted by Crippen LogP contribution is -2.48. The van der Waals surface area contributed by atoms with E-state index < -0.39 is 0 Å². The van der Waals surface area contributed by atoms with E-state index in [4.69, 9.17) is 0 Å². The standard InChI is InChI=1S/C11H21BrN2O/c1-8(2)10(12)11(15)13-9-5-4-6-14(3)7-9/h8-10H,4-7H2,1-3H3,(H,13,15). The van der Waals surface area contributed by atoms with Gasteiger partial charge in [-0.15, -0.1) is 0 Å². The van der Waals surface area contributed by atoms with E-state index in [1.807, 2.05) is 13.8 Å². The van der Waals surface area contributed by atoms with Gasteiger partial charge in [0.2, 0.25) is 5.91 Å². The molecule has 0 bridgehead atoms. The number of likely N-dealkylation sites (tertiary alicyclic amines) is 1. The van der Waals surface area contributed by atoms with Crippen molar-refractivity contribution in [3.63, 3.8) is 0 Å². The number of amides is 1. The third-order valence-electron chi connectivity index (χ3n) is 2.81. The predicted molar refractivity (Wildman–Crippen MR) is 66.2 cm³/mol. The fourth-order valence-electron chi connectivity index (χ4n) is 1.87. The van der Waals surface area contributed by atoms with Gasteiger partial charge in [0.1, 0.15) is 0 Å². The molecular weight excluding hydrogens is 256 g/mol. The first kappa shape index (κ1) is 13.0. The minimum atomic E-state index is -0.0651. The molecule has 0 aliphatic carbocycles. The Balaban J connectivity index is 2.37. The van der Waals surface area contributed by atoms with Gasteiger partial charge in [-0.2, -0.15) is 0 Å². The molecule has 1 heterocycles. The van der Waals surface area contributed by atoms with Gasteiger partial charge in [0.25, 0.3) is 0 Å². The van der Waals surface area contributed by atoms with E-state index in [1.165, 1.54) is 6.42 Å². The van der Waals surface area contributed by atoms with Crippen molar-refractivity contribution >= 4 is 21.8 Å². The average molecular weight is 277 g/mol. The first-order valence-electron chi connectivity index (χ1n) is 5.63. The Morgan fingerprint density at radius 3 is 2.73 bits per heavy atom. The van der Waals surface area contributed by atoms with Crippen LogP contribution in [0, 0.1) is 5.92 Å². The number of piperidine rings is 1. The van der Waals surface area contributed by atoms with Gasteiger partial charge in [0.05, 0.1) is 4.83 Å². The lowest BCUT2D eigenvalue weighted by molar-refractivity contribution is -0.122. The number of hydrogen-bond acceptors (Lipinski definition) is 2. The van der Waals surface area contributed by atoms with Crippen LogP contribution in [0.5, 0.6) is 0 Å². The Labute approximate surface area is 101 Å². The summed E-state index contributed by atoms with van der Waals surface area (Å²) in [5, 5.41) is 3.10. The van der Waals surface area contributed by atoms with Crippen molar-refractivity contribution in [1.29, 1.82) is 0 Å². The smallest absolute Gasteiger partial charge is 0.234 e. The molecule has 4 heteroatoms. The zero-order valence-corrected chi connectivity index (χ0v) is 11.4. The number of nitrogens with zero attached hydrogens (tertiary/aromatic N) is 1. The summed E-state index contributed by atoms with van der Waals surface area (Å²) >= 11 is 3.42. The van der Waals surface area contributed by atoms with Crippen molar-refractivity contribution in [2.24, 2.45) is 5.92 Å². The van der Waals surface area contributed by atoms with Crippen LogP contribution in [0.1, 0.15) is 26.7 Å². The van der Waals surface area contributed by atoms with Crippen LogP contribution in [0.2, 0.25) is 0 Å². The van der Waals surface area contributed by atoms with Crippen LogP contribution in [0.4, 0.5) is 0 Å². The zero-order valence-electron chi connectivity index (χ0n) is 9.79. The summed E-state index contributed by atoms with van der Waals surface area (Å²) in [7, 11) is 2.10. The number of alkyl halides is 1. The molecule has 1 N–H and O–H groups in total. The van der Waals surface area contributed by atoms with Gasteiger partial charge in [-0.3, -0.25) is 4.79 Å². The first-order valence-corrected chi connectivity index (χ1v) is 6.55. The van der Waals surface area contributed by atoms with Gasteiger partial charge in [0.15, 0.2) is 0 Å². The second-order valence-electron chi connectivity index (χ2n) is 4.76. The molecule has 0 radical (unpaired) electrons. The highest BCUT2D eigenvalue weighted by molar-refractivity contribution is 9.10. The van der Waals surface area contributed by atoms with Crippen LogP contribution in [0.15, 0.2) is 0 Å². The monoisotopic (exact) mass is 276 g/mol. The summed E-state index contributed by atoms with van der Waals surface area (Å²) in [4.78, 5) is 14.0. The highest BCUT2D eigenvalue weighted by atomic mass is 79.9. The van der Waals surface area contributed by atoms with E-state index in [0.717, 1.165) is 19.5 Å². The molecular formula is C11H21BrN2O. The molecule has 1 aliphatic rings. The second kappa shape index (κ2) is 5.85. The van der Waals surface area contributed by atoms with Gasteiger partial charge < -0.3 is 10.2 Å². The fraction of sp³-hybridized carbons (Fsp3) is 0.909. The maximum Gasteiger partial charge on any atom is 0.234 e. The van der Waals surface area contributed by atoms with Gasteiger partial charge in [-0.1, -0.05) is 29.8 Å². The molecule has 1 rings (SSSR count). The average Bonchev–Trinajstić information content (AvgIpc) is 2.16. The number of carbonyl (C=O) groups excluding carboxylic acids is 1. The van der Waals surface area contributed by atoms with Crippen molar-refractivity contribution < 1.29 is 4.79 Å². The summed E-state index contributed by atoms with van der Waals surface area (Å²) in [6.45, 7) is 6.22. The predicted octanol–water partition coefficient (Wildman–Crippen LogP) is 1.62. The molecule has 0 aromatic carbocycles. The van der Waals surface area contributed by atoms with E-state index in [1.54, 1.807) is 0 Å². The first-order chi connectivity index (χ1) is 7.00. The molecule has 1 fully saturated rings. The van der Waals surface area contributed by atoms with Crippen LogP contribution in [-0.2, 0) is 4.79 Å². The van der Waals surface area contributed by atoms with Crippen LogP contribution in [-0.4, -0.2) is 41.8 Å². The molecule has 1 saturated heterocycles. The van der Waals surface area contributed by atoms with E-state index in [-0.39, 0.29) is 10.7 Å². The Kier molecular flexibility index (Phi) is 5.06. The highest BCUT2D eigenvalue weighted by Gasteiger charge is 2.23. The van der Waals surface area contributed by atoms with E-state index in [9.17, 15) is 4.79 Å². The number of hydrogen-bond donors (Lipinski definition) is 1. The Bertz CT molecular complexity index is 221. The summed E-state index contributed by atoms with van der Waals surface area (Å²) < 4.78 is 0. The fourth-order valence-corrected chi connectivity index (χ4v) is 2.00. The normalized spacial score (nSPS) is 25.3. The SMILES string of the molecule is CC(C)C(Br)C(=O)NC1CCCN(C)C1. The van der Waals surface area contributed by atoms with E-state index in [0.29, 0.717) is 12.0 Å². The molecule has 3 nitrogen and oxygen atoms in total. The number of halogens is 1. The van der Waals surface area contributed by atoms with Crippen LogP contribution in [0.25, 0.3) is 0 Å². The third kappa shape index (κ3) is 4.11. The maximum atomic E-state index is 11.8. The molecule has 1 amide bonds. The molecule has 0 saturated carbocycles. The maximum absolute atomic E-state index is 11.8. The number of likely N-dealkylation sites (N-methyl/N-ethyl adjacent to an activating group) is 1. The van der Waals surface area contributed by atoms with Gasteiger partial charge in [-0.25, -0.2) is 0 Å². The van der Waals surface area contributed by atoms with Crippen molar-refractivity contribution in [3.05, 3.63) is 0 Å². The molecule has 0 aromatic heterocycles. The summed E-state index contributed by atoms with van der Waals surface area (Å²) in [5.41, 5.74) is 0. The lowest BCUT2D eigenvalue weighted by atomic mass is 10.1. The molecule has 15 heavy (non-hydrogen) atoms. The van der Waals surface area contributed by atoms with Crippen molar-refractivity contribution in [2.45, 2.75) is 37.6 Å². The lowest BCUT2D eigenvalue weighted by Gasteiger charge is -2.31. The Morgan fingerprint density at radius 1 is 1.53 bits per heavy atom. The van der Waals surface area contributed by atoms with Crippen LogP contribution < -0.4 is 5.32 Å². The second-order valence-corrected chi connectivity index (χ2v) is 5.74. The van der Waals surface area contributed by atoms with Crippen molar-refractivity contribution in [3.8, 4) is 0 Å². The number of carbonyl (C=O) groups is 1. The molecule has 2 atom stereocenters. The minimum Gasteiger partial charge on any atom is -0.351 e. The highest BCUT2D eigenvalue weighted by Crippen LogP contribution is 2.14. The third-order valence-corrected chi connectivity index (χ3v) is 4.28. The number of rotatable bonds is 3. The largest absolute Gasteiger partial charge is 0.351 e. The van der Waals surface area contributed by atoms with Crippen LogP contribution in [0.3, 0.4) is 0 Å². The molecule has 0 spiro atoms. The van der Waals surface area contributed by atoms with Gasteiger partial charge in [0, 0.05) is 12.6 Å². The van der Waals surface area contributed by atoms with Crippen molar-refractivity contribution in [2.75, 3.05) is 20.1 Å². The van der Waals surface area contributed by atoms with E-state index in [2.05, 4.69) is 33.2 Å². The van der Waals surface area contributed by atoms with Crippen molar-refractivity contribution in [1.82, 2.24) is 10.2 Å². The van der Waals surface area contributed by atoms with Crippen LogP contribution >= 0.6 is 15.9 Å². The summed E-state index contributed by atoms with van der Waals surface area (Å²) in [5.74, 6) is 0.469. The topological polar surface area (TPSA) is 32.3 Å². The van der Waals surface area contributed by atoms with Gasteiger partial charge >= 0.3 is 0 Å². The van der Waals surface area contributed by atoms with E-state index >= 15 is 0 Å². The molecule has 88 valence electrons. The summed E-state index contributed by atoms with van der Waals surface area (Å²) in [6, 6.07) is 0.329. The Morgan fingerprint density at radius 2 is 2.20 bits per heavy atom. The van der Waals surface area contributed by atoms with Gasteiger partial charge in [-0.05, 0) is 32.4 Å². The Hall–Kier alpha value is -0.0900. The quantitative estimate of drug-likeness (QED) is 0.795. The minimum absolute atomic E-state index is 0.0651. The molecule has 0 aromatic rings.